The number of nitrogens with one attached hydrogen (secondary N) is 1. The molecule has 3 heterocycles. The Morgan fingerprint density at radius 3 is 2.73 bits per heavy atom. The molecule has 3 aromatic rings. The van der Waals surface area contributed by atoms with Crippen LogP contribution in [0.3, 0.4) is 0 Å². The Morgan fingerprint density at radius 1 is 1.41 bits per heavy atom. The summed E-state index contributed by atoms with van der Waals surface area (Å²) < 4.78 is 84.3. The van der Waals surface area contributed by atoms with E-state index in [-0.39, 0.29) is 5.75 Å². The van der Waals surface area contributed by atoms with Gasteiger partial charge in [-0.1, -0.05) is 31.0 Å². The largest absolute Gasteiger partial charge is 0.463 e. The standard InChI is InChI=1S/C26H29F2N4O8P/c1-5-26(28)20(33)18(39-24(26)32-11-17(27)19-21(32)30-25(29)31-22(19)34)12-37-41(36,40-16-9-7-6-8-10-16)13-15(4)23(35)38-14(2)3/h1,6-11,14-15,18,20,24,33H,12-13H2,2-4H3,(H3,29,30,31,34)/t15-,18-,20+,24-,26?,41+/m1/s1/i12D2. The van der Waals surface area contributed by atoms with Gasteiger partial charge in [-0.15, -0.1) is 6.42 Å². The molecule has 41 heavy (non-hydrogen) atoms. The molecule has 0 aliphatic carbocycles. The van der Waals surface area contributed by atoms with Gasteiger partial charge in [0.1, 0.15) is 23.3 Å². The van der Waals surface area contributed by atoms with Crippen LogP contribution in [0.1, 0.15) is 29.7 Å². The minimum atomic E-state index is -4.67. The van der Waals surface area contributed by atoms with Crippen LogP contribution < -0.4 is 15.8 Å². The molecule has 15 heteroatoms. The van der Waals surface area contributed by atoms with Gasteiger partial charge in [0, 0.05) is 6.20 Å². The maximum absolute atomic E-state index is 16.2. The van der Waals surface area contributed by atoms with Crippen molar-refractivity contribution in [1.82, 2.24) is 14.5 Å². The molecule has 1 aliphatic rings. The molecule has 220 valence electrons. The SMILES string of the molecule is [2H]C([2H])(O[P@@](=O)(C[C@@H](C)C(=O)OC(C)C)Oc1ccccc1)[C@H]1O[C@@H](n2cc(F)c3c(=O)[nH]c(N)nc32)C(F)(C#C)[C@H]1O. The van der Waals surface area contributed by atoms with Crippen LogP contribution in [-0.4, -0.2) is 62.3 Å². The number of fused-ring (bicyclic) bond motifs is 1. The zero-order valence-corrected chi connectivity index (χ0v) is 23.0. The fourth-order valence-corrected chi connectivity index (χ4v) is 5.84. The first-order valence-electron chi connectivity index (χ1n) is 13.3. The van der Waals surface area contributed by atoms with Crippen LogP contribution in [-0.2, 0) is 23.4 Å². The number of carbonyl (C=O) groups is 1. The number of aliphatic hydroxyl groups is 1. The van der Waals surface area contributed by atoms with Gasteiger partial charge in [-0.2, -0.15) is 4.98 Å². The molecule has 4 rings (SSSR count). The van der Waals surface area contributed by atoms with Crippen LogP contribution in [0.15, 0.2) is 41.3 Å². The van der Waals surface area contributed by atoms with E-state index >= 15 is 4.39 Å². The third kappa shape index (κ3) is 6.13. The average molecular weight is 597 g/mol. The van der Waals surface area contributed by atoms with E-state index in [0.717, 1.165) is 0 Å². The molecule has 6 atom stereocenters. The predicted molar refractivity (Wildman–Crippen MR) is 143 cm³/mol. The van der Waals surface area contributed by atoms with Gasteiger partial charge in [0.05, 0.1) is 27.5 Å². The van der Waals surface area contributed by atoms with Gasteiger partial charge in [-0.05, 0) is 26.0 Å². The fourth-order valence-electron chi connectivity index (χ4n) is 4.13. The Labute approximate surface area is 236 Å². The minimum Gasteiger partial charge on any atom is -0.463 e. The van der Waals surface area contributed by atoms with Crippen LogP contribution in [0.4, 0.5) is 14.7 Å². The Morgan fingerprint density at radius 2 is 2.10 bits per heavy atom. The number of aromatic nitrogens is 3. The number of benzene rings is 1. The number of aromatic amines is 1. The number of hydrogen-bond donors (Lipinski definition) is 3. The van der Waals surface area contributed by atoms with Crippen molar-refractivity contribution in [2.75, 3.05) is 18.5 Å². The number of alkyl halides is 1. The average Bonchev–Trinajstić information content (AvgIpc) is 3.37. The van der Waals surface area contributed by atoms with Gasteiger partial charge in [0.15, 0.2) is 17.7 Å². The number of ether oxygens (including phenoxy) is 2. The number of esters is 1. The summed E-state index contributed by atoms with van der Waals surface area (Å²) >= 11 is 0. The van der Waals surface area contributed by atoms with E-state index in [0.29, 0.717) is 10.8 Å². The van der Waals surface area contributed by atoms with Crippen molar-refractivity contribution in [3.8, 4) is 18.1 Å². The molecule has 1 unspecified atom stereocenters. The molecular formula is C26H29F2N4O8P. The van der Waals surface area contributed by atoms with Crippen LogP contribution in [0.2, 0.25) is 0 Å². The first kappa shape index (κ1) is 27.4. The molecule has 0 radical (unpaired) electrons. The van der Waals surface area contributed by atoms with E-state index in [2.05, 4.69) is 9.97 Å². The number of anilines is 1. The first-order chi connectivity index (χ1) is 20.0. The molecule has 1 fully saturated rings. The second-order valence-corrected chi connectivity index (χ2v) is 11.5. The molecule has 1 aromatic carbocycles. The molecule has 0 bridgehead atoms. The number of halogens is 2. The quantitative estimate of drug-likeness (QED) is 0.180. The highest BCUT2D eigenvalue weighted by Crippen LogP contribution is 2.51. The van der Waals surface area contributed by atoms with Crippen molar-refractivity contribution in [2.24, 2.45) is 5.92 Å². The third-order valence-electron chi connectivity index (χ3n) is 6.03. The molecule has 2 aromatic heterocycles. The molecule has 0 saturated carbocycles. The van der Waals surface area contributed by atoms with E-state index < -0.39 is 90.8 Å². The van der Waals surface area contributed by atoms with E-state index in [1.165, 1.54) is 31.2 Å². The Kier molecular flexibility index (Phi) is 7.77. The second kappa shape index (κ2) is 11.6. The molecule has 0 spiro atoms. The van der Waals surface area contributed by atoms with Gasteiger partial charge < -0.3 is 24.8 Å². The number of carbonyl (C=O) groups excluding carboxylic acids is 1. The molecular weight excluding hydrogens is 565 g/mol. The number of nitrogens with two attached hydrogens (primary N) is 1. The van der Waals surface area contributed by atoms with Crippen LogP contribution in [0.25, 0.3) is 11.0 Å². The third-order valence-corrected chi connectivity index (χ3v) is 7.90. The summed E-state index contributed by atoms with van der Waals surface area (Å²) in [6, 6.07) is 7.51. The number of terminal acetylenes is 1. The Balaban J connectivity index is 1.71. The van der Waals surface area contributed by atoms with Gasteiger partial charge in [0.2, 0.25) is 11.6 Å². The lowest BCUT2D eigenvalue weighted by Gasteiger charge is -2.24. The lowest BCUT2D eigenvalue weighted by Crippen LogP contribution is -2.42. The molecule has 0 amide bonds. The highest BCUT2D eigenvalue weighted by molar-refractivity contribution is 7.54. The monoisotopic (exact) mass is 596 g/mol. The second-order valence-electron chi connectivity index (χ2n) is 9.59. The summed E-state index contributed by atoms with van der Waals surface area (Å²) in [6.45, 7) is 1.26. The number of nitrogens with zero attached hydrogens (tertiary/aromatic N) is 2. The first-order valence-corrected chi connectivity index (χ1v) is 14.0. The van der Waals surface area contributed by atoms with Crippen LogP contribution in [0.5, 0.6) is 5.75 Å². The van der Waals surface area contributed by atoms with E-state index in [9.17, 15) is 23.7 Å². The number of hydrogen-bond acceptors (Lipinski definition) is 10. The highest BCUT2D eigenvalue weighted by atomic mass is 31.2. The predicted octanol–water partition coefficient (Wildman–Crippen LogP) is 2.92. The van der Waals surface area contributed by atoms with Crippen molar-refractivity contribution >= 4 is 30.5 Å². The summed E-state index contributed by atoms with van der Waals surface area (Å²) in [5, 5.41) is 10.3. The summed E-state index contributed by atoms with van der Waals surface area (Å²) in [5.74, 6) is -1.82. The lowest BCUT2D eigenvalue weighted by atomic mass is 9.97. The fraction of sp³-hybridized carbons (Fsp3) is 0.423. The van der Waals surface area contributed by atoms with Crippen molar-refractivity contribution in [3.63, 3.8) is 0 Å². The summed E-state index contributed by atoms with van der Waals surface area (Å²) in [4.78, 5) is 30.6. The maximum Gasteiger partial charge on any atom is 0.380 e. The van der Waals surface area contributed by atoms with Crippen LogP contribution in [0, 0.1) is 24.1 Å². The number of aliphatic hydroxyl groups excluding tert-OH is 1. The molecule has 1 aliphatic heterocycles. The van der Waals surface area contributed by atoms with Crippen LogP contribution >= 0.6 is 7.60 Å². The minimum absolute atomic E-state index is 0.0107. The van der Waals surface area contributed by atoms with E-state index in [4.69, 9.17) is 33.4 Å². The van der Waals surface area contributed by atoms with E-state index in [1.54, 1.807) is 25.8 Å². The Hall–Kier alpha value is -3.76. The van der Waals surface area contributed by atoms with Gasteiger partial charge in [0.25, 0.3) is 5.56 Å². The van der Waals surface area contributed by atoms with E-state index in [1.807, 2.05) is 0 Å². The van der Waals surface area contributed by atoms with Gasteiger partial charge in [-0.3, -0.25) is 23.7 Å². The molecule has 4 N–H and O–H groups in total. The summed E-state index contributed by atoms with van der Waals surface area (Å²) in [5.41, 5.74) is 0.802. The summed E-state index contributed by atoms with van der Waals surface area (Å²) in [6.07, 6.45) is -2.13. The lowest BCUT2D eigenvalue weighted by molar-refractivity contribution is -0.151. The topological polar surface area (TPSA) is 168 Å². The molecule has 12 nitrogen and oxygen atoms in total. The number of para-hydroxylation sites is 1. The smallest absolute Gasteiger partial charge is 0.380 e. The van der Waals surface area contributed by atoms with Crippen molar-refractivity contribution in [2.45, 2.75) is 51.0 Å². The Bertz CT molecular complexity index is 1660. The summed E-state index contributed by atoms with van der Waals surface area (Å²) in [7, 11) is -4.67. The number of nitrogen functional groups attached to an aromatic ring is 1. The molecule has 1 saturated heterocycles. The number of rotatable bonds is 10. The maximum atomic E-state index is 16.2. The van der Waals surface area contributed by atoms with Crippen molar-refractivity contribution in [3.05, 3.63) is 52.7 Å². The normalized spacial score (nSPS) is 25.7. The van der Waals surface area contributed by atoms with Crippen molar-refractivity contribution < 1.29 is 44.5 Å². The van der Waals surface area contributed by atoms with Crippen molar-refractivity contribution in [1.29, 1.82) is 0 Å². The van der Waals surface area contributed by atoms with Gasteiger partial charge >= 0.3 is 13.6 Å². The highest BCUT2D eigenvalue weighted by Gasteiger charge is 2.58. The van der Waals surface area contributed by atoms with Gasteiger partial charge in [-0.25, -0.2) is 13.3 Å². The zero-order chi connectivity index (χ0) is 31.9. The number of H-pyrrole nitrogens is 1. The zero-order valence-electron chi connectivity index (χ0n) is 24.1.